The van der Waals surface area contributed by atoms with Crippen LogP contribution in [0.3, 0.4) is 0 Å². The second kappa shape index (κ2) is 4.52. The second-order valence-corrected chi connectivity index (χ2v) is 4.71. The van der Waals surface area contributed by atoms with Crippen LogP contribution in [0.4, 0.5) is 5.82 Å². The summed E-state index contributed by atoms with van der Waals surface area (Å²) in [5.41, 5.74) is 7.57. The first kappa shape index (κ1) is 11.6. The standard InChI is InChI=1S/C12H12N4S/c1-3-10-15-11(7(2)12(14)16-10)9-5-4-8(6-13)17-9/h4-5H,3H2,1-2H3,(H2,14,15,16). The lowest BCUT2D eigenvalue weighted by atomic mass is 10.2. The lowest BCUT2D eigenvalue weighted by molar-refractivity contribution is 0.941. The van der Waals surface area contributed by atoms with E-state index in [0.29, 0.717) is 10.7 Å². The van der Waals surface area contributed by atoms with Crippen molar-refractivity contribution in [2.24, 2.45) is 0 Å². The number of aromatic nitrogens is 2. The van der Waals surface area contributed by atoms with Crippen molar-refractivity contribution in [3.8, 4) is 16.6 Å². The van der Waals surface area contributed by atoms with Crippen LogP contribution >= 0.6 is 11.3 Å². The minimum Gasteiger partial charge on any atom is -0.383 e. The number of hydrogen-bond acceptors (Lipinski definition) is 5. The third kappa shape index (κ3) is 2.12. The molecule has 86 valence electrons. The van der Waals surface area contributed by atoms with Gasteiger partial charge in [0.25, 0.3) is 0 Å². The largest absolute Gasteiger partial charge is 0.383 e. The average molecular weight is 244 g/mol. The van der Waals surface area contributed by atoms with Crippen LogP contribution in [0.5, 0.6) is 0 Å². The van der Waals surface area contributed by atoms with E-state index in [1.807, 2.05) is 19.9 Å². The van der Waals surface area contributed by atoms with Crippen molar-refractivity contribution in [3.05, 3.63) is 28.4 Å². The van der Waals surface area contributed by atoms with E-state index < -0.39 is 0 Å². The van der Waals surface area contributed by atoms with Crippen LogP contribution in [0.15, 0.2) is 12.1 Å². The Balaban J connectivity index is 2.58. The number of nitrogens with two attached hydrogens (primary N) is 1. The lowest BCUT2D eigenvalue weighted by Crippen LogP contribution is -2.03. The summed E-state index contributed by atoms with van der Waals surface area (Å²) in [5, 5.41) is 8.83. The highest BCUT2D eigenvalue weighted by Crippen LogP contribution is 2.30. The zero-order chi connectivity index (χ0) is 12.4. The molecule has 0 spiro atoms. The Kier molecular flexibility index (Phi) is 3.07. The third-order valence-electron chi connectivity index (χ3n) is 2.50. The van der Waals surface area contributed by atoms with Gasteiger partial charge in [-0.15, -0.1) is 11.3 Å². The summed E-state index contributed by atoms with van der Waals surface area (Å²) in [7, 11) is 0. The lowest BCUT2D eigenvalue weighted by Gasteiger charge is -2.07. The highest BCUT2D eigenvalue weighted by atomic mass is 32.1. The Bertz CT molecular complexity index is 595. The Morgan fingerprint density at radius 2 is 2.18 bits per heavy atom. The second-order valence-electron chi connectivity index (χ2n) is 3.63. The molecule has 0 aliphatic carbocycles. The van der Waals surface area contributed by atoms with Crippen molar-refractivity contribution in [1.29, 1.82) is 5.26 Å². The molecule has 2 rings (SSSR count). The third-order valence-corrected chi connectivity index (χ3v) is 3.49. The molecule has 5 heteroatoms. The molecular weight excluding hydrogens is 232 g/mol. The number of nitriles is 1. The van der Waals surface area contributed by atoms with E-state index in [1.165, 1.54) is 11.3 Å². The monoisotopic (exact) mass is 244 g/mol. The summed E-state index contributed by atoms with van der Waals surface area (Å²) >= 11 is 1.42. The highest BCUT2D eigenvalue weighted by molar-refractivity contribution is 7.16. The van der Waals surface area contributed by atoms with Gasteiger partial charge in [-0.3, -0.25) is 0 Å². The van der Waals surface area contributed by atoms with E-state index in [9.17, 15) is 0 Å². The van der Waals surface area contributed by atoms with Crippen LogP contribution in [-0.2, 0) is 6.42 Å². The molecule has 0 atom stereocenters. The first-order chi connectivity index (χ1) is 8.15. The molecular formula is C12H12N4S. The molecule has 0 amide bonds. The first-order valence-corrected chi connectivity index (χ1v) is 6.10. The first-order valence-electron chi connectivity index (χ1n) is 5.29. The fraction of sp³-hybridized carbons (Fsp3) is 0.250. The van der Waals surface area contributed by atoms with Gasteiger partial charge in [-0.05, 0) is 19.1 Å². The van der Waals surface area contributed by atoms with E-state index in [2.05, 4.69) is 16.0 Å². The summed E-state index contributed by atoms with van der Waals surface area (Å²) in [4.78, 5) is 10.3. The molecule has 0 radical (unpaired) electrons. The van der Waals surface area contributed by atoms with Crippen LogP contribution in [0, 0.1) is 18.3 Å². The summed E-state index contributed by atoms with van der Waals surface area (Å²) in [6.45, 7) is 3.89. The number of hydrogen-bond donors (Lipinski definition) is 1. The summed E-state index contributed by atoms with van der Waals surface area (Å²) in [5.74, 6) is 1.24. The zero-order valence-electron chi connectivity index (χ0n) is 9.69. The summed E-state index contributed by atoms with van der Waals surface area (Å²) in [6.07, 6.45) is 0.744. The predicted molar refractivity (Wildman–Crippen MR) is 68.6 cm³/mol. The number of anilines is 1. The van der Waals surface area contributed by atoms with Crippen LogP contribution in [0.25, 0.3) is 10.6 Å². The van der Waals surface area contributed by atoms with Crippen molar-refractivity contribution in [2.75, 3.05) is 5.73 Å². The van der Waals surface area contributed by atoms with E-state index in [1.54, 1.807) is 6.07 Å². The van der Waals surface area contributed by atoms with Crippen molar-refractivity contribution in [1.82, 2.24) is 9.97 Å². The molecule has 2 heterocycles. The Morgan fingerprint density at radius 1 is 1.41 bits per heavy atom. The minimum atomic E-state index is 0.513. The van der Waals surface area contributed by atoms with Crippen molar-refractivity contribution in [3.63, 3.8) is 0 Å². The molecule has 4 nitrogen and oxygen atoms in total. The number of rotatable bonds is 2. The fourth-order valence-electron chi connectivity index (χ4n) is 1.51. The molecule has 2 N–H and O–H groups in total. The number of thiophene rings is 1. The van der Waals surface area contributed by atoms with Gasteiger partial charge in [-0.1, -0.05) is 6.92 Å². The van der Waals surface area contributed by atoms with Crippen molar-refractivity contribution < 1.29 is 0 Å². The smallest absolute Gasteiger partial charge is 0.131 e. The maximum Gasteiger partial charge on any atom is 0.131 e. The van der Waals surface area contributed by atoms with Gasteiger partial charge in [0, 0.05) is 12.0 Å². The van der Waals surface area contributed by atoms with Gasteiger partial charge in [0.2, 0.25) is 0 Å². The van der Waals surface area contributed by atoms with E-state index in [0.717, 1.165) is 28.4 Å². The van der Waals surface area contributed by atoms with Gasteiger partial charge in [0.05, 0.1) is 10.6 Å². The van der Waals surface area contributed by atoms with Gasteiger partial charge in [-0.2, -0.15) is 5.26 Å². The quantitative estimate of drug-likeness (QED) is 0.880. The normalized spacial score (nSPS) is 10.2. The van der Waals surface area contributed by atoms with Crippen LogP contribution in [-0.4, -0.2) is 9.97 Å². The molecule has 0 unspecified atom stereocenters. The molecule has 17 heavy (non-hydrogen) atoms. The number of nitrogens with zero attached hydrogens (tertiary/aromatic N) is 3. The molecule has 2 aromatic rings. The average Bonchev–Trinajstić information content (AvgIpc) is 2.81. The van der Waals surface area contributed by atoms with Crippen LogP contribution in [0.1, 0.15) is 23.2 Å². The molecule has 0 aliphatic rings. The number of aryl methyl sites for hydroxylation is 1. The molecule has 0 aliphatic heterocycles. The van der Waals surface area contributed by atoms with E-state index in [-0.39, 0.29) is 0 Å². The maximum absolute atomic E-state index is 8.83. The van der Waals surface area contributed by atoms with E-state index in [4.69, 9.17) is 11.0 Å². The Labute approximate surface area is 104 Å². The van der Waals surface area contributed by atoms with Gasteiger partial charge >= 0.3 is 0 Å². The van der Waals surface area contributed by atoms with Gasteiger partial charge < -0.3 is 5.73 Å². The number of nitrogen functional groups attached to an aromatic ring is 1. The van der Waals surface area contributed by atoms with Crippen molar-refractivity contribution >= 4 is 17.2 Å². The SMILES string of the molecule is CCc1nc(N)c(C)c(-c2ccc(C#N)s2)n1. The fourth-order valence-corrected chi connectivity index (χ4v) is 2.36. The minimum absolute atomic E-state index is 0.513. The topological polar surface area (TPSA) is 75.6 Å². The van der Waals surface area contributed by atoms with Gasteiger partial charge in [0.1, 0.15) is 22.6 Å². The van der Waals surface area contributed by atoms with E-state index >= 15 is 0 Å². The molecule has 0 bridgehead atoms. The summed E-state index contributed by atoms with van der Waals surface area (Å²) < 4.78 is 0. The maximum atomic E-state index is 8.83. The van der Waals surface area contributed by atoms with Crippen LogP contribution in [0.2, 0.25) is 0 Å². The molecule has 2 aromatic heterocycles. The predicted octanol–water partition coefficient (Wildman–Crippen LogP) is 2.53. The Hall–Kier alpha value is -1.93. The van der Waals surface area contributed by atoms with Gasteiger partial charge in [-0.25, -0.2) is 9.97 Å². The van der Waals surface area contributed by atoms with Gasteiger partial charge in [0.15, 0.2) is 0 Å². The molecule has 0 fully saturated rings. The Morgan fingerprint density at radius 3 is 2.76 bits per heavy atom. The highest BCUT2D eigenvalue weighted by Gasteiger charge is 2.12. The van der Waals surface area contributed by atoms with Crippen LogP contribution < -0.4 is 5.73 Å². The summed E-state index contributed by atoms with van der Waals surface area (Å²) in [6, 6.07) is 5.82. The zero-order valence-corrected chi connectivity index (χ0v) is 10.5. The molecule has 0 aromatic carbocycles. The van der Waals surface area contributed by atoms with Crippen molar-refractivity contribution in [2.45, 2.75) is 20.3 Å². The molecule has 0 saturated carbocycles. The molecule has 0 saturated heterocycles.